The number of rotatable bonds is 8. The lowest BCUT2D eigenvalue weighted by Crippen LogP contribution is -2.35. The van der Waals surface area contributed by atoms with Crippen LogP contribution >= 0.6 is 27.3 Å². The zero-order chi connectivity index (χ0) is 17.4. The minimum Gasteiger partial charge on any atom is -0.354 e. The summed E-state index contributed by atoms with van der Waals surface area (Å²) in [5.41, 5.74) is 1.89. The van der Waals surface area contributed by atoms with Gasteiger partial charge in [0, 0.05) is 34.4 Å². The van der Waals surface area contributed by atoms with Gasteiger partial charge in [0.15, 0.2) is 0 Å². The number of carbonyl (C=O) groups excluding carboxylic acids is 2. The Hall–Kier alpha value is -1.66. The van der Waals surface area contributed by atoms with Gasteiger partial charge < -0.3 is 10.6 Å². The van der Waals surface area contributed by atoms with Gasteiger partial charge in [-0.3, -0.25) is 9.59 Å². The van der Waals surface area contributed by atoms with Crippen molar-refractivity contribution in [1.82, 2.24) is 10.6 Å². The van der Waals surface area contributed by atoms with Crippen molar-refractivity contribution in [2.75, 3.05) is 6.54 Å². The molecular formula is C18H21BrN2O2S. The third-order valence-electron chi connectivity index (χ3n) is 3.61. The van der Waals surface area contributed by atoms with Crippen LogP contribution in [0.4, 0.5) is 0 Å². The Morgan fingerprint density at radius 1 is 1.21 bits per heavy atom. The first-order chi connectivity index (χ1) is 11.5. The number of thiophene rings is 1. The van der Waals surface area contributed by atoms with E-state index in [2.05, 4.69) is 38.7 Å². The molecule has 2 amide bonds. The zero-order valence-electron chi connectivity index (χ0n) is 13.5. The molecule has 0 saturated heterocycles. The van der Waals surface area contributed by atoms with E-state index in [0.29, 0.717) is 18.5 Å². The van der Waals surface area contributed by atoms with Crippen molar-refractivity contribution in [3.63, 3.8) is 0 Å². The molecule has 0 radical (unpaired) electrons. The van der Waals surface area contributed by atoms with Gasteiger partial charge in [0.25, 0.3) is 5.91 Å². The van der Waals surface area contributed by atoms with Crippen molar-refractivity contribution in [3.05, 3.63) is 56.7 Å². The van der Waals surface area contributed by atoms with Gasteiger partial charge in [-0.2, -0.15) is 11.3 Å². The lowest BCUT2D eigenvalue weighted by atomic mass is 10.1. The molecule has 4 nitrogen and oxygen atoms in total. The first-order valence-corrected chi connectivity index (χ1v) is 9.62. The van der Waals surface area contributed by atoms with Gasteiger partial charge in [-0.05, 0) is 48.9 Å². The maximum absolute atomic E-state index is 11.9. The van der Waals surface area contributed by atoms with Gasteiger partial charge in [-0.15, -0.1) is 0 Å². The van der Waals surface area contributed by atoms with Gasteiger partial charge in [-0.25, -0.2) is 0 Å². The fraction of sp³-hybridized carbons (Fsp3) is 0.333. The number of carbonyl (C=O) groups is 2. The van der Waals surface area contributed by atoms with Crippen LogP contribution < -0.4 is 10.6 Å². The minimum absolute atomic E-state index is 0.0380. The van der Waals surface area contributed by atoms with E-state index in [1.807, 2.05) is 24.4 Å². The molecule has 1 aromatic heterocycles. The van der Waals surface area contributed by atoms with Crippen LogP contribution in [-0.2, 0) is 11.2 Å². The highest BCUT2D eigenvalue weighted by molar-refractivity contribution is 9.10. The van der Waals surface area contributed by atoms with Crippen molar-refractivity contribution in [1.29, 1.82) is 0 Å². The molecule has 0 saturated carbocycles. The summed E-state index contributed by atoms with van der Waals surface area (Å²) in [4.78, 5) is 23.7. The second-order valence-electron chi connectivity index (χ2n) is 5.65. The minimum atomic E-state index is -0.132. The van der Waals surface area contributed by atoms with Crippen LogP contribution in [0.2, 0.25) is 0 Å². The largest absolute Gasteiger partial charge is 0.354 e. The first kappa shape index (κ1) is 18.7. The van der Waals surface area contributed by atoms with Crippen molar-refractivity contribution in [2.45, 2.75) is 32.2 Å². The Bertz CT molecular complexity index is 656. The van der Waals surface area contributed by atoms with Gasteiger partial charge in [0.1, 0.15) is 0 Å². The molecule has 1 aromatic carbocycles. The predicted molar refractivity (Wildman–Crippen MR) is 101 cm³/mol. The fourth-order valence-corrected chi connectivity index (χ4v) is 3.14. The number of hydrogen-bond acceptors (Lipinski definition) is 3. The third-order valence-corrected chi connectivity index (χ3v) is 4.82. The summed E-state index contributed by atoms with van der Waals surface area (Å²) in [6.07, 6.45) is 2.09. The summed E-state index contributed by atoms with van der Waals surface area (Å²) < 4.78 is 1.07. The molecule has 0 fully saturated rings. The summed E-state index contributed by atoms with van der Waals surface area (Å²) in [5.74, 6) is -0.170. The molecule has 0 bridgehead atoms. The van der Waals surface area contributed by atoms with Gasteiger partial charge >= 0.3 is 0 Å². The average molecular weight is 409 g/mol. The quantitative estimate of drug-likeness (QED) is 0.698. The summed E-state index contributed by atoms with van der Waals surface area (Å²) in [6.45, 7) is 2.35. The summed E-state index contributed by atoms with van der Waals surface area (Å²) in [5, 5.41) is 9.37. The smallest absolute Gasteiger partial charge is 0.252 e. The molecule has 2 rings (SSSR count). The molecule has 0 aliphatic heterocycles. The van der Waals surface area contributed by atoms with Crippen LogP contribution in [0.5, 0.6) is 0 Å². The van der Waals surface area contributed by atoms with Crippen molar-refractivity contribution < 1.29 is 9.59 Å². The van der Waals surface area contributed by atoms with Crippen molar-refractivity contribution in [3.8, 4) is 0 Å². The van der Waals surface area contributed by atoms with E-state index in [0.717, 1.165) is 17.3 Å². The number of aryl methyl sites for hydroxylation is 1. The van der Waals surface area contributed by atoms with E-state index in [1.54, 1.807) is 11.4 Å². The highest BCUT2D eigenvalue weighted by Gasteiger charge is 2.09. The van der Waals surface area contributed by atoms with E-state index in [1.165, 1.54) is 16.9 Å². The lowest BCUT2D eigenvalue weighted by Gasteiger charge is -2.14. The molecule has 1 atom stereocenters. The third kappa shape index (κ3) is 6.45. The second-order valence-corrected chi connectivity index (χ2v) is 7.35. The highest BCUT2D eigenvalue weighted by Crippen LogP contribution is 2.12. The predicted octanol–water partition coefficient (Wildman–Crippen LogP) is 3.77. The maximum Gasteiger partial charge on any atom is 0.252 e. The Balaban J connectivity index is 1.62. The van der Waals surface area contributed by atoms with Gasteiger partial charge in [-0.1, -0.05) is 28.1 Å². The van der Waals surface area contributed by atoms with E-state index in [9.17, 15) is 9.59 Å². The lowest BCUT2D eigenvalue weighted by molar-refractivity contribution is -0.121. The molecule has 0 aliphatic rings. The maximum atomic E-state index is 11.9. The molecule has 1 heterocycles. The van der Waals surface area contributed by atoms with Gasteiger partial charge in [0.2, 0.25) is 5.91 Å². The number of benzene rings is 1. The van der Waals surface area contributed by atoms with E-state index in [4.69, 9.17) is 0 Å². The molecule has 6 heteroatoms. The molecule has 24 heavy (non-hydrogen) atoms. The molecule has 0 aliphatic carbocycles. The molecule has 0 spiro atoms. The van der Waals surface area contributed by atoms with Crippen LogP contribution in [0, 0.1) is 0 Å². The Morgan fingerprint density at radius 2 is 1.96 bits per heavy atom. The first-order valence-electron chi connectivity index (χ1n) is 7.89. The summed E-state index contributed by atoms with van der Waals surface area (Å²) in [7, 11) is 0. The monoisotopic (exact) mass is 408 g/mol. The average Bonchev–Trinajstić information content (AvgIpc) is 3.09. The molecule has 2 aromatic rings. The van der Waals surface area contributed by atoms with Crippen LogP contribution in [0.25, 0.3) is 0 Å². The van der Waals surface area contributed by atoms with Crippen LogP contribution in [0.1, 0.15) is 35.7 Å². The van der Waals surface area contributed by atoms with E-state index in [-0.39, 0.29) is 17.9 Å². The molecular weight excluding hydrogens is 388 g/mol. The van der Waals surface area contributed by atoms with Crippen LogP contribution in [0.3, 0.4) is 0 Å². The normalized spacial score (nSPS) is 11.8. The number of halogens is 1. The number of hydrogen-bond donors (Lipinski definition) is 2. The van der Waals surface area contributed by atoms with Gasteiger partial charge in [0.05, 0.1) is 0 Å². The van der Waals surface area contributed by atoms with Crippen LogP contribution in [0.15, 0.2) is 45.6 Å². The van der Waals surface area contributed by atoms with E-state index < -0.39 is 0 Å². The fourth-order valence-electron chi connectivity index (χ4n) is 2.24. The van der Waals surface area contributed by atoms with Crippen molar-refractivity contribution >= 4 is 39.1 Å². The summed E-state index contributed by atoms with van der Waals surface area (Å²) >= 11 is 4.90. The summed E-state index contributed by atoms with van der Waals surface area (Å²) in [6, 6.07) is 10.1. The molecule has 1 unspecified atom stereocenters. The SMILES string of the molecule is CC(CCc1ccc(Br)cc1)NC(=O)CCNC(=O)c1ccsc1. The number of nitrogens with one attached hydrogen (secondary N) is 2. The topological polar surface area (TPSA) is 58.2 Å². The Kier molecular flexibility index (Phi) is 7.46. The van der Waals surface area contributed by atoms with E-state index >= 15 is 0 Å². The second kappa shape index (κ2) is 9.59. The Labute approximate surface area is 154 Å². The Morgan fingerprint density at radius 3 is 2.62 bits per heavy atom. The number of amides is 2. The molecule has 128 valence electrons. The standard InChI is InChI=1S/C18H21BrN2O2S/c1-13(2-3-14-4-6-16(19)7-5-14)21-17(22)8-10-20-18(23)15-9-11-24-12-15/h4-7,9,11-13H,2-3,8,10H2,1H3,(H,20,23)(H,21,22). The zero-order valence-corrected chi connectivity index (χ0v) is 16.0. The highest BCUT2D eigenvalue weighted by atomic mass is 79.9. The van der Waals surface area contributed by atoms with Crippen molar-refractivity contribution in [2.24, 2.45) is 0 Å². The molecule has 2 N–H and O–H groups in total. The van der Waals surface area contributed by atoms with Crippen LogP contribution in [-0.4, -0.2) is 24.4 Å².